The molecule has 1 amide bonds. The molecule has 0 aliphatic carbocycles. The van der Waals surface area contributed by atoms with Crippen LogP contribution in [-0.2, 0) is 4.79 Å². The van der Waals surface area contributed by atoms with Crippen LogP contribution >= 0.6 is 34.7 Å². The summed E-state index contributed by atoms with van der Waals surface area (Å²) in [5.41, 5.74) is 4.35. The van der Waals surface area contributed by atoms with Gasteiger partial charge in [-0.1, -0.05) is 53.7 Å². The van der Waals surface area contributed by atoms with E-state index < -0.39 is 0 Å². The minimum Gasteiger partial charge on any atom is -0.272 e. The SMILES string of the molecule is Cc1ccc(/C=N/NC(=O)CSc2nnc(-c3ccccc3)n2-c2ccc(Cl)cc2)s1. The van der Waals surface area contributed by atoms with Crippen molar-refractivity contribution >= 4 is 46.8 Å². The molecule has 0 fully saturated rings. The molecule has 0 saturated carbocycles. The first-order chi connectivity index (χ1) is 15.1. The molecule has 4 rings (SSSR count). The number of nitrogens with zero attached hydrogens (tertiary/aromatic N) is 4. The summed E-state index contributed by atoms with van der Waals surface area (Å²) in [7, 11) is 0. The number of hydrogen-bond acceptors (Lipinski definition) is 6. The van der Waals surface area contributed by atoms with Crippen LogP contribution in [0.5, 0.6) is 0 Å². The molecule has 1 N–H and O–H groups in total. The molecule has 31 heavy (non-hydrogen) atoms. The van der Waals surface area contributed by atoms with Crippen molar-refractivity contribution in [2.45, 2.75) is 12.1 Å². The van der Waals surface area contributed by atoms with E-state index in [0.717, 1.165) is 16.1 Å². The maximum Gasteiger partial charge on any atom is 0.250 e. The van der Waals surface area contributed by atoms with E-state index in [0.29, 0.717) is 16.0 Å². The van der Waals surface area contributed by atoms with Gasteiger partial charge in [0.15, 0.2) is 11.0 Å². The van der Waals surface area contributed by atoms with Crippen molar-refractivity contribution in [3.63, 3.8) is 0 Å². The summed E-state index contributed by atoms with van der Waals surface area (Å²) in [5, 5.41) is 14.0. The van der Waals surface area contributed by atoms with Gasteiger partial charge in [-0.15, -0.1) is 21.5 Å². The number of thiophene rings is 1. The van der Waals surface area contributed by atoms with Crippen LogP contribution in [0.3, 0.4) is 0 Å². The molecule has 4 aromatic rings. The van der Waals surface area contributed by atoms with Gasteiger partial charge in [-0.3, -0.25) is 9.36 Å². The van der Waals surface area contributed by atoms with Gasteiger partial charge in [0.2, 0.25) is 0 Å². The molecule has 0 atom stereocenters. The van der Waals surface area contributed by atoms with E-state index in [1.165, 1.54) is 16.6 Å². The van der Waals surface area contributed by atoms with E-state index in [4.69, 9.17) is 11.6 Å². The normalized spacial score (nSPS) is 11.2. The molecule has 9 heteroatoms. The topological polar surface area (TPSA) is 72.2 Å². The van der Waals surface area contributed by atoms with Crippen molar-refractivity contribution in [2.24, 2.45) is 5.10 Å². The fraction of sp³-hybridized carbons (Fsp3) is 0.0909. The summed E-state index contributed by atoms with van der Waals surface area (Å²) in [6.07, 6.45) is 1.64. The number of aromatic nitrogens is 3. The minimum atomic E-state index is -0.221. The van der Waals surface area contributed by atoms with Gasteiger partial charge in [0, 0.05) is 26.0 Å². The average Bonchev–Trinajstić information content (AvgIpc) is 3.39. The van der Waals surface area contributed by atoms with Crippen molar-refractivity contribution in [1.29, 1.82) is 0 Å². The zero-order valence-corrected chi connectivity index (χ0v) is 18.9. The standard InChI is InChI=1S/C22H18ClN5OS2/c1-15-7-12-19(31-15)13-24-25-20(29)14-30-22-27-26-21(16-5-3-2-4-6-16)28(22)18-10-8-17(23)9-11-18/h2-13H,14H2,1H3,(H,25,29)/b24-13+. The molecular weight excluding hydrogens is 450 g/mol. The number of benzene rings is 2. The molecule has 156 valence electrons. The van der Waals surface area contributed by atoms with E-state index >= 15 is 0 Å². The quantitative estimate of drug-likeness (QED) is 0.230. The first-order valence-corrected chi connectivity index (χ1v) is 11.6. The van der Waals surface area contributed by atoms with Crippen LogP contribution in [0.2, 0.25) is 5.02 Å². The van der Waals surface area contributed by atoms with Gasteiger partial charge in [-0.2, -0.15) is 5.10 Å². The van der Waals surface area contributed by atoms with Gasteiger partial charge in [-0.25, -0.2) is 5.43 Å². The first kappa shape index (κ1) is 21.3. The van der Waals surface area contributed by atoms with Crippen LogP contribution in [0, 0.1) is 6.92 Å². The average molecular weight is 468 g/mol. The molecular formula is C22H18ClN5OS2. The van der Waals surface area contributed by atoms with E-state index in [-0.39, 0.29) is 11.7 Å². The predicted octanol–water partition coefficient (Wildman–Crippen LogP) is 5.20. The Kier molecular flexibility index (Phi) is 6.81. The number of rotatable bonds is 7. The Labute approximate surface area is 193 Å². The third-order valence-corrected chi connectivity index (χ3v) is 6.34. The van der Waals surface area contributed by atoms with Crippen molar-refractivity contribution in [1.82, 2.24) is 20.2 Å². The number of carbonyl (C=O) groups excluding carboxylic acids is 1. The summed E-state index contributed by atoms with van der Waals surface area (Å²) in [5.74, 6) is 0.625. The predicted molar refractivity (Wildman–Crippen MR) is 127 cm³/mol. The Morgan fingerprint density at radius 3 is 2.61 bits per heavy atom. The number of halogens is 1. The maximum absolute atomic E-state index is 12.3. The summed E-state index contributed by atoms with van der Waals surface area (Å²) in [4.78, 5) is 14.4. The highest BCUT2D eigenvalue weighted by Crippen LogP contribution is 2.28. The Balaban J connectivity index is 1.51. The third kappa shape index (κ3) is 5.41. The third-order valence-electron chi connectivity index (χ3n) is 4.22. The van der Waals surface area contributed by atoms with Crippen LogP contribution in [0.1, 0.15) is 9.75 Å². The second-order valence-corrected chi connectivity index (χ2v) is 9.21. The Bertz CT molecular complexity index is 1200. The highest BCUT2D eigenvalue weighted by Gasteiger charge is 2.17. The van der Waals surface area contributed by atoms with Gasteiger partial charge in [0.05, 0.1) is 12.0 Å². The lowest BCUT2D eigenvalue weighted by Gasteiger charge is -2.10. The largest absolute Gasteiger partial charge is 0.272 e. The smallest absolute Gasteiger partial charge is 0.250 e. The molecule has 0 radical (unpaired) electrons. The molecule has 0 saturated heterocycles. The highest BCUT2D eigenvalue weighted by atomic mass is 35.5. The van der Waals surface area contributed by atoms with Gasteiger partial charge in [0.1, 0.15) is 0 Å². The van der Waals surface area contributed by atoms with Gasteiger partial charge in [-0.05, 0) is 43.3 Å². The zero-order chi connectivity index (χ0) is 21.6. The number of thioether (sulfide) groups is 1. The second-order valence-electron chi connectivity index (χ2n) is 6.51. The van der Waals surface area contributed by atoms with Crippen LogP contribution in [0.4, 0.5) is 0 Å². The lowest BCUT2D eigenvalue weighted by atomic mass is 10.2. The molecule has 0 aliphatic rings. The molecule has 2 heterocycles. The summed E-state index contributed by atoms with van der Waals surface area (Å²) in [6, 6.07) is 21.2. The maximum atomic E-state index is 12.3. The number of aryl methyl sites for hydroxylation is 1. The summed E-state index contributed by atoms with van der Waals surface area (Å²) < 4.78 is 1.92. The molecule has 0 spiro atoms. The fourth-order valence-electron chi connectivity index (χ4n) is 2.81. The van der Waals surface area contributed by atoms with Crippen molar-refractivity contribution in [3.8, 4) is 17.1 Å². The first-order valence-electron chi connectivity index (χ1n) is 9.38. The lowest BCUT2D eigenvalue weighted by Crippen LogP contribution is -2.19. The molecule has 0 aliphatic heterocycles. The van der Waals surface area contributed by atoms with Crippen molar-refractivity contribution < 1.29 is 4.79 Å². The monoisotopic (exact) mass is 467 g/mol. The lowest BCUT2D eigenvalue weighted by molar-refractivity contribution is -0.118. The number of carbonyl (C=O) groups is 1. The van der Waals surface area contributed by atoms with Crippen LogP contribution in [-0.4, -0.2) is 32.6 Å². The fourth-order valence-corrected chi connectivity index (χ4v) is 4.43. The molecule has 0 unspecified atom stereocenters. The number of hydrazone groups is 1. The minimum absolute atomic E-state index is 0.154. The number of amides is 1. The molecule has 2 aromatic heterocycles. The number of hydrogen-bond donors (Lipinski definition) is 1. The van der Waals surface area contributed by atoms with Gasteiger partial charge in [0.25, 0.3) is 5.91 Å². The summed E-state index contributed by atoms with van der Waals surface area (Å²) >= 11 is 8.96. The molecule has 0 bridgehead atoms. The Morgan fingerprint density at radius 2 is 1.90 bits per heavy atom. The van der Waals surface area contributed by atoms with Crippen LogP contribution in [0.15, 0.2) is 77.0 Å². The van der Waals surface area contributed by atoms with E-state index in [1.807, 2.05) is 78.2 Å². The number of nitrogens with one attached hydrogen (secondary N) is 1. The van der Waals surface area contributed by atoms with Crippen LogP contribution < -0.4 is 5.43 Å². The molecule has 2 aromatic carbocycles. The highest BCUT2D eigenvalue weighted by molar-refractivity contribution is 7.99. The Morgan fingerprint density at radius 1 is 1.13 bits per heavy atom. The van der Waals surface area contributed by atoms with Crippen molar-refractivity contribution in [3.05, 3.63) is 81.5 Å². The van der Waals surface area contributed by atoms with Gasteiger partial charge >= 0.3 is 0 Å². The summed E-state index contributed by atoms with van der Waals surface area (Å²) in [6.45, 7) is 2.03. The van der Waals surface area contributed by atoms with Gasteiger partial charge < -0.3 is 0 Å². The van der Waals surface area contributed by atoms with Crippen molar-refractivity contribution in [2.75, 3.05) is 5.75 Å². The molecule has 6 nitrogen and oxygen atoms in total. The van der Waals surface area contributed by atoms with E-state index in [1.54, 1.807) is 17.6 Å². The Hall–Kier alpha value is -2.94. The zero-order valence-electron chi connectivity index (χ0n) is 16.5. The van der Waals surface area contributed by atoms with E-state index in [9.17, 15) is 4.79 Å². The van der Waals surface area contributed by atoms with E-state index in [2.05, 4.69) is 20.7 Å². The van der Waals surface area contributed by atoms with Crippen LogP contribution in [0.25, 0.3) is 17.1 Å². The second kappa shape index (κ2) is 9.91.